The highest BCUT2D eigenvalue weighted by atomic mass is 32.2. The van der Waals surface area contributed by atoms with Crippen molar-refractivity contribution >= 4 is 26.5 Å². The smallest absolute Gasteiger partial charge is 0.192 e. The van der Waals surface area contributed by atoms with E-state index in [-0.39, 0.29) is 21.6 Å². The Labute approximate surface area is 229 Å². The van der Waals surface area contributed by atoms with Crippen LogP contribution in [0.4, 0.5) is 0 Å². The van der Waals surface area contributed by atoms with Gasteiger partial charge in [0.15, 0.2) is 26.5 Å². The van der Waals surface area contributed by atoms with Gasteiger partial charge in [-0.1, -0.05) is 90.1 Å². The second-order valence-electron chi connectivity index (χ2n) is 13.4. The number of hydrogen-bond acceptors (Lipinski definition) is 4. The van der Waals surface area contributed by atoms with Gasteiger partial charge in [-0.15, -0.1) is 0 Å². The first-order valence-corrected chi connectivity index (χ1v) is 21.1. The lowest BCUT2D eigenvalue weighted by Crippen LogP contribution is -2.40. The molecular weight excluding hydrogens is 513 g/mol. The van der Waals surface area contributed by atoms with E-state index < -0.39 is 26.5 Å². The molecule has 0 unspecified atom stereocenters. The van der Waals surface area contributed by atoms with Crippen molar-refractivity contribution in [1.29, 1.82) is 0 Å². The Morgan fingerprint density at radius 1 is 0.622 bits per heavy atom. The summed E-state index contributed by atoms with van der Waals surface area (Å²) >= 11 is 0. The van der Waals surface area contributed by atoms with Gasteiger partial charge in [-0.25, -0.2) is 8.42 Å². The Balaban J connectivity index is 1.91. The van der Waals surface area contributed by atoms with E-state index >= 15 is 0 Å². The normalized spacial score (nSPS) is 13.7. The minimum Gasteiger partial charge on any atom is -0.413 e. The zero-order valence-corrected chi connectivity index (χ0v) is 27.7. The largest absolute Gasteiger partial charge is 0.413 e. The molecule has 7 heteroatoms. The van der Waals surface area contributed by atoms with Gasteiger partial charge in [0.05, 0.1) is 24.7 Å². The van der Waals surface area contributed by atoms with E-state index in [9.17, 15) is 8.42 Å². The number of aryl methyl sites for hydroxylation is 2. The molecule has 0 aliphatic heterocycles. The minimum atomic E-state index is -3.16. The Morgan fingerprint density at radius 2 is 0.946 bits per heavy atom. The van der Waals surface area contributed by atoms with Gasteiger partial charge >= 0.3 is 0 Å². The quantitative estimate of drug-likeness (QED) is 0.247. The van der Waals surface area contributed by atoms with Crippen LogP contribution in [0.1, 0.15) is 63.8 Å². The molecule has 0 spiro atoms. The van der Waals surface area contributed by atoms with Gasteiger partial charge < -0.3 is 8.85 Å². The molecule has 37 heavy (non-hydrogen) atoms. The fourth-order valence-corrected chi connectivity index (χ4v) is 6.58. The van der Waals surface area contributed by atoms with Crippen LogP contribution in [0, 0.1) is 0 Å². The molecule has 4 nitrogen and oxygen atoms in total. The molecular formula is C30H50O4SSi2. The maximum Gasteiger partial charge on any atom is 0.192 e. The number of benzene rings is 2. The summed E-state index contributed by atoms with van der Waals surface area (Å²) in [6.45, 7) is 23.6. The summed E-state index contributed by atoms with van der Waals surface area (Å²) in [4.78, 5) is 0. The van der Waals surface area contributed by atoms with Gasteiger partial charge in [0, 0.05) is 0 Å². The summed E-state index contributed by atoms with van der Waals surface area (Å²) in [6, 6.07) is 16.3. The molecule has 0 aliphatic carbocycles. The summed E-state index contributed by atoms with van der Waals surface area (Å²) in [5.74, 6) is 0.321. The third kappa shape index (κ3) is 10.1. The van der Waals surface area contributed by atoms with E-state index in [4.69, 9.17) is 8.85 Å². The zero-order chi connectivity index (χ0) is 28.1. The van der Waals surface area contributed by atoms with Crippen molar-refractivity contribution in [2.24, 2.45) is 0 Å². The van der Waals surface area contributed by atoms with Gasteiger partial charge in [0.25, 0.3) is 0 Å². The second kappa shape index (κ2) is 12.3. The summed E-state index contributed by atoms with van der Waals surface area (Å²) in [7, 11) is -6.81. The fourth-order valence-electron chi connectivity index (χ4n) is 3.36. The molecule has 2 rings (SSSR count). The maximum absolute atomic E-state index is 12.8. The van der Waals surface area contributed by atoms with Crippen molar-refractivity contribution in [3.63, 3.8) is 0 Å². The van der Waals surface area contributed by atoms with Crippen molar-refractivity contribution in [1.82, 2.24) is 0 Å². The van der Waals surface area contributed by atoms with E-state index in [0.717, 1.165) is 22.3 Å². The Kier molecular flexibility index (Phi) is 10.6. The van der Waals surface area contributed by atoms with Crippen LogP contribution in [0.2, 0.25) is 36.3 Å². The lowest BCUT2D eigenvalue weighted by molar-refractivity contribution is 0.276. The van der Waals surface area contributed by atoms with E-state index in [0.29, 0.717) is 26.1 Å². The van der Waals surface area contributed by atoms with Crippen LogP contribution in [-0.4, -0.2) is 36.6 Å². The molecule has 0 N–H and O–H groups in total. The first kappa shape index (κ1) is 32.0. The molecule has 0 radical (unpaired) electrons. The van der Waals surface area contributed by atoms with Crippen LogP contribution in [-0.2, 0) is 44.7 Å². The molecule has 0 heterocycles. The molecule has 0 saturated heterocycles. The van der Waals surface area contributed by atoms with Gasteiger partial charge in [0.2, 0.25) is 0 Å². The molecule has 2 aromatic carbocycles. The van der Waals surface area contributed by atoms with Crippen molar-refractivity contribution < 1.29 is 17.3 Å². The van der Waals surface area contributed by atoms with Crippen LogP contribution in [0.5, 0.6) is 0 Å². The highest BCUT2D eigenvalue weighted by Gasteiger charge is 2.37. The van der Waals surface area contributed by atoms with Gasteiger partial charge in [-0.3, -0.25) is 0 Å². The van der Waals surface area contributed by atoms with E-state index in [1.807, 2.05) is 24.3 Å². The number of sulfone groups is 1. The molecule has 208 valence electrons. The van der Waals surface area contributed by atoms with E-state index in [2.05, 4.69) is 92.0 Å². The standard InChI is InChI=1S/C30H50O4SSi2/c1-29(2,3)36(7,8)33-23-27-15-11-13-25(21-27)17-19-35(31,32)20-18-26-14-12-16-28(22-26)24-34-37(9,10)30(4,5)6/h11-16,21-22H,17-20,23-24H2,1-10H3. The molecule has 0 fully saturated rings. The first-order valence-electron chi connectivity index (χ1n) is 13.5. The first-order chi connectivity index (χ1) is 16.8. The highest BCUT2D eigenvalue weighted by Crippen LogP contribution is 2.38. The Bertz CT molecular complexity index is 1040. The predicted molar refractivity (Wildman–Crippen MR) is 163 cm³/mol. The molecule has 0 amide bonds. The van der Waals surface area contributed by atoms with Crippen LogP contribution in [0.3, 0.4) is 0 Å². The topological polar surface area (TPSA) is 52.6 Å². The average molecular weight is 563 g/mol. The SMILES string of the molecule is CC(C)(C)[Si](C)(C)OCc1cccc(CCS(=O)(=O)CCc2cccc(CO[Si](C)(C)C(C)(C)C)c2)c1. The van der Waals surface area contributed by atoms with Crippen molar-refractivity contribution in [3.05, 3.63) is 70.8 Å². The van der Waals surface area contributed by atoms with Crippen LogP contribution in [0.15, 0.2) is 48.5 Å². The average Bonchev–Trinajstić information content (AvgIpc) is 2.78. The van der Waals surface area contributed by atoms with Gasteiger partial charge in [-0.05, 0) is 71.4 Å². The van der Waals surface area contributed by atoms with Gasteiger partial charge in [-0.2, -0.15) is 0 Å². The van der Waals surface area contributed by atoms with Crippen molar-refractivity contribution in [2.75, 3.05) is 11.5 Å². The minimum absolute atomic E-state index is 0.160. The number of rotatable bonds is 12. The monoisotopic (exact) mass is 562 g/mol. The number of hydrogen-bond donors (Lipinski definition) is 0. The maximum atomic E-state index is 12.8. The van der Waals surface area contributed by atoms with Crippen LogP contribution >= 0.6 is 0 Å². The summed E-state index contributed by atoms with van der Waals surface area (Å²) in [6.07, 6.45) is 1.05. The Hall–Kier alpha value is -1.26. The fraction of sp³-hybridized carbons (Fsp3) is 0.600. The predicted octanol–water partition coefficient (Wildman–Crippen LogP) is 7.93. The molecule has 0 atom stereocenters. The summed E-state index contributed by atoms with van der Waals surface area (Å²) in [5, 5.41) is 0.325. The second-order valence-corrected chi connectivity index (χ2v) is 25.3. The molecule has 2 aromatic rings. The van der Waals surface area contributed by atoms with E-state index in [1.165, 1.54) is 0 Å². The van der Waals surface area contributed by atoms with Crippen molar-refractivity contribution in [3.8, 4) is 0 Å². The summed E-state index contributed by atoms with van der Waals surface area (Å²) < 4.78 is 38.4. The lowest BCUT2D eigenvalue weighted by Gasteiger charge is -2.36. The summed E-state index contributed by atoms with van der Waals surface area (Å²) in [5.41, 5.74) is 4.31. The third-order valence-corrected chi connectivity index (χ3v) is 18.8. The van der Waals surface area contributed by atoms with Crippen molar-refractivity contribution in [2.45, 2.75) is 104 Å². The van der Waals surface area contributed by atoms with E-state index in [1.54, 1.807) is 0 Å². The lowest BCUT2D eigenvalue weighted by atomic mass is 10.1. The molecule has 0 saturated carbocycles. The Morgan fingerprint density at radius 3 is 1.27 bits per heavy atom. The third-order valence-electron chi connectivity index (χ3n) is 8.20. The molecule has 0 bridgehead atoms. The zero-order valence-electron chi connectivity index (χ0n) is 24.9. The molecule has 0 aliphatic rings. The molecule has 0 aromatic heterocycles. The van der Waals surface area contributed by atoms with Crippen LogP contribution in [0.25, 0.3) is 0 Å². The highest BCUT2D eigenvalue weighted by molar-refractivity contribution is 7.91. The van der Waals surface area contributed by atoms with Gasteiger partial charge in [0.1, 0.15) is 0 Å². The van der Waals surface area contributed by atoms with Crippen LogP contribution < -0.4 is 0 Å².